The zero-order valence-electron chi connectivity index (χ0n) is 22.0. The fourth-order valence-corrected chi connectivity index (χ4v) is 5.61. The standard InChI is InChI=1S/C30H41NO4S/c1-22-10-7-8-14-25(22)27-20-24(21-35-18-9-13-23-11-5-4-6-12-23)15-16-26(27)29(32)31(2)28(30(33)34)17-19-36-3/h7-8,10,14-16,20,23,28H,4-6,9,11-13,17-19,21H2,1-3H3,(H,33,34)/t28-/m0/s1. The largest absolute Gasteiger partial charge is 0.480 e. The molecule has 3 rings (SSSR count). The number of hydrogen-bond acceptors (Lipinski definition) is 4. The lowest BCUT2D eigenvalue weighted by Crippen LogP contribution is -2.43. The smallest absolute Gasteiger partial charge is 0.326 e. The molecule has 0 radical (unpaired) electrons. The second kappa shape index (κ2) is 14.4. The van der Waals surface area contributed by atoms with Crippen molar-refractivity contribution in [1.29, 1.82) is 0 Å². The van der Waals surface area contributed by atoms with Crippen LogP contribution in [0.2, 0.25) is 0 Å². The minimum Gasteiger partial charge on any atom is -0.480 e. The highest BCUT2D eigenvalue weighted by Crippen LogP contribution is 2.30. The molecule has 1 aliphatic carbocycles. The van der Waals surface area contributed by atoms with Crippen LogP contribution in [0.15, 0.2) is 42.5 Å². The van der Waals surface area contributed by atoms with Crippen molar-refractivity contribution in [1.82, 2.24) is 4.90 Å². The van der Waals surface area contributed by atoms with Crippen molar-refractivity contribution in [3.8, 4) is 11.1 Å². The number of likely N-dealkylation sites (N-methyl/N-ethyl adjacent to an activating group) is 1. The lowest BCUT2D eigenvalue weighted by Gasteiger charge is -2.26. The van der Waals surface area contributed by atoms with Crippen LogP contribution in [0.4, 0.5) is 0 Å². The van der Waals surface area contributed by atoms with Crippen LogP contribution in [0.25, 0.3) is 11.1 Å². The third-order valence-electron chi connectivity index (χ3n) is 7.31. The Morgan fingerprint density at radius 2 is 1.86 bits per heavy atom. The summed E-state index contributed by atoms with van der Waals surface area (Å²) in [5.41, 5.74) is 4.40. The van der Waals surface area contributed by atoms with E-state index in [1.165, 1.54) is 43.4 Å². The summed E-state index contributed by atoms with van der Waals surface area (Å²) in [7, 11) is 1.59. The predicted octanol–water partition coefficient (Wildman–Crippen LogP) is 6.82. The first-order valence-corrected chi connectivity index (χ1v) is 14.6. The van der Waals surface area contributed by atoms with Gasteiger partial charge in [-0.05, 0) is 78.5 Å². The van der Waals surface area contributed by atoms with Gasteiger partial charge in [0, 0.05) is 19.2 Å². The molecule has 1 amide bonds. The quantitative estimate of drug-likeness (QED) is 0.299. The molecule has 0 bridgehead atoms. The van der Waals surface area contributed by atoms with Crippen LogP contribution in [0, 0.1) is 12.8 Å². The van der Waals surface area contributed by atoms with Gasteiger partial charge in [0.25, 0.3) is 5.91 Å². The van der Waals surface area contributed by atoms with Crippen molar-refractivity contribution in [3.63, 3.8) is 0 Å². The van der Waals surface area contributed by atoms with Crippen LogP contribution in [-0.4, -0.2) is 53.6 Å². The molecule has 1 aliphatic rings. The van der Waals surface area contributed by atoms with Gasteiger partial charge < -0.3 is 14.7 Å². The summed E-state index contributed by atoms with van der Waals surface area (Å²) in [5.74, 6) is 0.288. The minimum absolute atomic E-state index is 0.276. The summed E-state index contributed by atoms with van der Waals surface area (Å²) in [6, 6.07) is 12.9. The molecular formula is C30H41NO4S. The molecule has 2 aromatic rings. The van der Waals surface area contributed by atoms with Gasteiger partial charge in [-0.15, -0.1) is 0 Å². The number of nitrogens with zero attached hydrogens (tertiary/aromatic N) is 1. The summed E-state index contributed by atoms with van der Waals surface area (Å²) in [6.07, 6.45) is 11.5. The molecule has 0 saturated heterocycles. The Balaban J connectivity index is 1.75. The van der Waals surface area contributed by atoms with Crippen LogP contribution in [0.5, 0.6) is 0 Å². The molecule has 6 heteroatoms. The molecule has 196 valence electrons. The van der Waals surface area contributed by atoms with Crippen LogP contribution in [-0.2, 0) is 16.1 Å². The van der Waals surface area contributed by atoms with Crippen LogP contribution >= 0.6 is 11.8 Å². The average molecular weight is 512 g/mol. The van der Waals surface area contributed by atoms with Crippen LogP contribution < -0.4 is 0 Å². The molecule has 2 aromatic carbocycles. The van der Waals surface area contributed by atoms with Crippen molar-refractivity contribution in [2.75, 3.05) is 25.7 Å². The maximum atomic E-state index is 13.5. The fraction of sp³-hybridized carbons (Fsp3) is 0.533. The second-order valence-electron chi connectivity index (χ2n) is 9.95. The maximum absolute atomic E-state index is 13.5. The lowest BCUT2D eigenvalue weighted by atomic mass is 9.86. The maximum Gasteiger partial charge on any atom is 0.326 e. The van der Waals surface area contributed by atoms with Gasteiger partial charge in [-0.1, -0.05) is 62.4 Å². The van der Waals surface area contributed by atoms with Gasteiger partial charge in [-0.3, -0.25) is 4.79 Å². The van der Waals surface area contributed by atoms with E-state index >= 15 is 0 Å². The fourth-order valence-electron chi connectivity index (χ4n) is 5.15. The second-order valence-corrected chi connectivity index (χ2v) is 10.9. The van der Waals surface area contributed by atoms with Gasteiger partial charge in [0.2, 0.25) is 0 Å². The number of rotatable bonds is 13. The predicted molar refractivity (Wildman–Crippen MR) is 149 cm³/mol. The van der Waals surface area contributed by atoms with E-state index in [4.69, 9.17) is 4.74 Å². The summed E-state index contributed by atoms with van der Waals surface area (Å²) in [5, 5.41) is 9.74. The zero-order chi connectivity index (χ0) is 25.9. The van der Waals surface area contributed by atoms with Gasteiger partial charge >= 0.3 is 5.97 Å². The Kier molecular flexibility index (Phi) is 11.3. The normalized spacial score (nSPS) is 15.0. The van der Waals surface area contributed by atoms with E-state index in [-0.39, 0.29) is 5.91 Å². The molecule has 1 fully saturated rings. The number of carboxylic acid groups (broad SMARTS) is 1. The Labute approximate surface area is 220 Å². The number of aliphatic carboxylic acids is 1. The summed E-state index contributed by atoms with van der Waals surface area (Å²) < 4.78 is 6.02. The number of hydrogen-bond donors (Lipinski definition) is 1. The third-order valence-corrected chi connectivity index (χ3v) is 7.96. The van der Waals surface area contributed by atoms with Crippen molar-refractivity contribution in [2.24, 2.45) is 5.92 Å². The first-order chi connectivity index (χ1) is 17.4. The zero-order valence-corrected chi connectivity index (χ0v) is 22.8. The van der Waals surface area contributed by atoms with Gasteiger partial charge in [0.05, 0.1) is 6.61 Å². The number of carbonyl (C=O) groups is 2. The van der Waals surface area contributed by atoms with E-state index in [0.717, 1.165) is 41.2 Å². The van der Waals surface area contributed by atoms with Crippen LogP contribution in [0.1, 0.15) is 72.9 Å². The number of carboxylic acids is 1. The lowest BCUT2D eigenvalue weighted by molar-refractivity contribution is -0.142. The summed E-state index contributed by atoms with van der Waals surface area (Å²) in [6.45, 7) is 3.27. The number of carbonyl (C=O) groups excluding carboxylic acids is 1. The first kappa shape index (κ1) is 28.3. The Morgan fingerprint density at radius 1 is 1.11 bits per heavy atom. The molecule has 1 saturated carbocycles. The van der Waals surface area contributed by atoms with E-state index in [0.29, 0.717) is 24.3 Å². The van der Waals surface area contributed by atoms with Gasteiger partial charge in [-0.25, -0.2) is 4.79 Å². The summed E-state index contributed by atoms with van der Waals surface area (Å²) >= 11 is 1.58. The van der Waals surface area contributed by atoms with E-state index in [1.54, 1.807) is 18.8 Å². The molecule has 0 heterocycles. The molecule has 0 spiro atoms. The molecule has 1 atom stereocenters. The monoisotopic (exact) mass is 511 g/mol. The Morgan fingerprint density at radius 3 is 2.56 bits per heavy atom. The molecule has 0 aliphatic heterocycles. The third kappa shape index (κ3) is 7.84. The molecule has 36 heavy (non-hydrogen) atoms. The van der Waals surface area contributed by atoms with Crippen molar-refractivity contribution in [2.45, 2.75) is 70.9 Å². The minimum atomic E-state index is -0.976. The van der Waals surface area contributed by atoms with E-state index in [9.17, 15) is 14.7 Å². The molecule has 1 N–H and O–H groups in total. The number of aryl methyl sites for hydroxylation is 1. The van der Waals surface area contributed by atoms with E-state index in [1.807, 2.05) is 55.6 Å². The highest BCUT2D eigenvalue weighted by molar-refractivity contribution is 7.98. The van der Waals surface area contributed by atoms with Gasteiger partial charge in [0.15, 0.2) is 0 Å². The van der Waals surface area contributed by atoms with E-state index < -0.39 is 12.0 Å². The van der Waals surface area contributed by atoms with Gasteiger partial charge in [-0.2, -0.15) is 11.8 Å². The SMILES string of the molecule is CSCC[C@@H](C(=O)O)N(C)C(=O)c1ccc(COCCCC2CCCCC2)cc1-c1ccccc1C. The molecule has 5 nitrogen and oxygen atoms in total. The highest BCUT2D eigenvalue weighted by atomic mass is 32.2. The first-order valence-electron chi connectivity index (χ1n) is 13.2. The number of thioether (sulfide) groups is 1. The van der Waals surface area contributed by atoms with Crippen LogP contribution in [0.3, 0.4) is 0 Å². The molecule has 0 aromatic heterocycles. The molecular weight excluding hydrogens is 470 g/mol. The Hall–Kier alpha value is -2.31. The number of ether oxygens (including phenoxy) is 1. The number of amides is 1. The number of benzene rings is 2. The highest BCUT2D eigenvalue weighted by Gasteiger charge is 2.28. The van der Waals surface area contributed by atoms with Crippen molar-refractivity contribution < 1.29 is 19.4 Å². The Bertz CT molecular complexity index is 1000. The summed E-state index contributed by atoms with van der Waals surface area (Å²) in [4.78, 5) is 26.8. The van der Waals surface area contributed by atoms with Crippen molar-refractivity contribution in [3.05, 3.63) is 59.2 Å². The molecule has 0 unspecified atom stereocenters. The van der Waals surface area contributed by atoms with Gasteiger partial charge in [0.1, 0.15) is 6.04 Å². The topological polar surface area (TPSA) is 66.8 Å². The van der Waals surface area contributed by atoms with Crippen molar-refractivity contribution >= 4 is 23.6 Å². The van der Waals surface area contributed by atoms with E-state index in [2.05, 4.69) is 0 Å². The average Bonchev–Trinajstić information content (AvgIpc) is 2.89.